The zero-order valence-corrected chi connectivity index (χ0v) is 14.7. The number of halogens is 4. The van der Waals surface area contributed by atoms with Gasteiger partial charge < -0.3 is 0 Å². The molecule has 2 aromatic carbocycles. The molecule has 2 aliphatic carbocycles. The molecular formula is C18H14Cl4. The van der Waals surface area contributed by atoms with Gasteiger partial charge in [0.15, 0.2) is 0 Å². The molecule has 0 N–H and O–H groups in total. The third kappa shape index (κ3) is 1.73. The number of hydrogen-bond donors (Lipinski definition) is 0. The molecule has 0 aliphatic heterocycles. The lowest BCUT2D eigenvalue weighted by atomic mass is 9.75. The third-order valence-corrected chi connectivity index (χ3v) is 7.06. The maximum atomic E-state index is 6.65. The van der Waals surface area contributed by atoms with Crippen LogP contribution in [0.4, 0.5) is 0 Å². The molecule has 0 bridgehead atoms. The van der Waals surface area contributed by atoms with Crippen LogP contribution in [-0.4, -0.2) is 8.67 Å². The molecule has 0 unspecified atom stereocenters. The number of benzene rings is 2. The Morgan fingerprint density at radius 2 is 0.818 bits per heavy atom. The SMILES string of the molecule is ClC1(Cl)C[C@@]1(c1ccccc1)[C@]1(c2ccccc2)CC1(Cl)Cl. The molecule has 22 heavy (non-hydrogen) atoms. The molecule has 0 spiro atoms. The Hall–Kier alpha value is -0.400. The first-order valence-electron chi connectivity index (χ1n) is 7.24. The number of hydrogen-bond acceptors (Lipinski definition) is 0. The van der Waals surface area contributed by atoms with Gasteiger partial charge in [-0.05, 0) is 24.0 Å². The Labute approximate surface area is 150 Å². The maximum absolute atomic E-state index is 6.65. The minimum absolute atomic E-state index is 0.449. The van der Waals surface area contributed by atoms with Gasteiger partial charge in [0.25, 0.3) is 0 Å². The second kappa shape index (κ2) is 4.57. The van der Waals surface area contributed by atoms with E-state index in [4.69, 9.17) is 46.4 Å². The third-order valence-electron chi connectivity index (χ3n) is 5.23. The highest BCUT2D eigenvalue weighted by atomic mass is 35.5. The van der Waals surface area contributed by atoms with Crippen molar-refractivity contribution in [2.75, 3.05) is 0 Å². The monoisotopic (exact) mass is 370 g/mol. The summed E-state index contributed by atoms with van der Waals surface area (Å²) in [5, 5.41) is 0. The molecule has 114 valence electrons. The molecule has 4 heteroatoms. The fourth-order valence-corrected chi connectivity index (χ4v) is 5.95. The summed E-state index contributed by atoms with van der Waals surface area (Å²) in [6.07, 6.45) is 1.31. The minimum Gasteiger partial charge on any atom is -0.101 e. The van der Waals surface area contributed by atoms with E-state index in [0.717, 1.165) is 11.1 Å². The molecule has 4 rings (SSSR count). The Morgan fingerprint density at radius 1 is 0.545 bits per heavy atom. The average Bonchev–Trinajstić information content (AvgIpc) is 3.31. The topological polar surface area (TPSA) is 0 Å². The summed E-state index contributed by atoms with van der Waals surface area (Å²) in [6.45, 7) is 0. The standard InChI is InChI=1S/C18H14Cl4/c19-17(20)11-15(17,13-7-3-1-4-8-13)16(12-18(16,21)22)14-9-5-2-6-10-14/h1-10H,11-12H2/t15-,16-/m1/s1. The van der Waals surface area contributed by atoms with Crippen LogP contribution in [0.1, 0.15) is 24.0 Å². The van der Waals surface area contributed by atoms with Crippen molar-refractivity contribution in [3.8, 4) is 0 Å². The zero-order chi connectivity index (χ0) is 15.6. The lowest BCUT2D eigenvalue weighted by Crippen LogP contribution is -2.36. The summed E-state index contributed by atoms with van der Waals surface area (Å²) in [7, 11) is 0. The molecule has 2 aromatic rings. The molecule has 0 aromatic heterocycles. The fraction of sp³-hybridized carbons (Fsp3) is 0.333. The van der Waals surface area contributed by atoms with Gasteiger partial charge in [-0.3, -0.25) is 0 Å². The van der Waals surface area contributed by atoms with Crippen LogP contribution in [0.3, 0.4) is 0 Å². The molecule has 0 heterocycles. The van der Waals surface area contributed by atoms with Gasteiger partial charge in [-0.2, -0.15) is 0 Å². The van der Waals surface area contributed by atoms with Crippen molar-refractivity contribution in [3.05, 3.63) is 71.8 Å². The lowest BCUT2D eigenvalue weighted by molar-refractivity contribution is 0.495. The fourth-order valence-electron chi connectivity index (χ4n) is 4.07. The summed E-state index contributed by atoms with van der Waals surface area (Å²) in [4.78, 5) is 0. The first-order chi connectivity index (χ1) is 10.4. The van der Waals surface area contributed by atoms with E-state index in [9.17, 15) is 0 Å². The van der Waals surface area contributed by atoms with E-state index in [1.165, 1.54) is 0 Å². The smallest absolute Gasteiger partial charge is 0.101 e. The average molecular weight is 372 g/mol. The predicted molar refractivity (Wildman–Crippen MR) is 94.3 cm³/mol. The van der Waals surface area contributed by atoms with Crippen molar-refractivity contribution in [2.24, 2.45) is 0 Å². The summed E-state index contributed by atoms with van der Waals surface area (Å²) < 4.78 is -1.70. The first kappa shape index (κ1) is 15.1. The van der Waals surface area contributed by atoms with Gasteiger partial charge in [0.2, 0.25) is 0 Å². The van der Waals surface area contributed by atoms with Crippen molar-refractivity contribution in [2.45, 2.75) is 32.3 Å². The van der Waals surface area contributed by atoms with Gasteiger partial charge in [-0.1, -0.05) is 60.7 Å². The highest BCUT2D eigenvalue weighted by Crippen LogP contribution is 2.84. The summed E-state index contributed by atoms with van der Waals surface area (Å²) >= 11 is 26.6. The Kier molecular flexibility index (Phi) is 3.15. The van der Waals surface area contributed by atoms with Crippen LogP contribution in [-0.2, 0) is 10.8 Å². The highest BCUT2D eigenvalue weighted by Gasteiger charge is 2.88. The Morgan fingerprint density at radius 3 is 1.05 bits per heavy atom. The maximum Gasteiger partial charge on any atom is 0.130 e. The van der Waals surface area contributed by atoms with Crippen molar-refractivity contribution < 1.29 is 0 Å². The quantitative estimate of drug-likeness (QED) is 0.579. The van der Waals surface area contributed by atoms with Crippen LogP contribution in [0.2, 0.25) is 0 Å². The number of alkyl halides is 4. The van der Waals surface area contributed by atoms with Crippen LogP contribution >= 0.6 is 46.4 Å². The molecule has 2 saturated carbocycles. The zero-order valence-electron chi connectivity index (χ0n) is 11.7. The summed E-state index contributed by atoms with van der Waals surface area (Å²) in [5.41, 5.74) is 1.31. The second-order valence-electron chi connectivity index (χ2n) is 6.31. The molecule has 2 aliphatic rings. The van der Waals surface area contributed by atoms with Crippen LogP contribution < -0.4 is 0 Å². The molecule has 2 atom stereocenters. The van der Waals surface area contributed by atoms with Crippen molar-refractivity contribution >= 4 is 46.4 Å². The van der Waals surface area contributed by atoms with E-state index < -0.39 is 19.5 Å². The second-order valence-corrected chi connectivity index (χ2v) is 9.27. The molecule has 0 saturated heterocycles. The van der Waals surface area contributed by atoms with Crippen LogP contribution in [0.15, 0.2) is 60.7 Å². The Bertz CT molecular complexity index is 647. The largest absolute Gasteiger partial charge is 0.130 e. The summed E-state index contributed by atoms with van der Waals surface area (Å²) in [6, 6.07) is 20.3. The van der Waals surface area contributed by atoms with Gasteiger partial charge in [-0.15, -0.1) is 46.4 Å². The summed E-state index contributed by atoms with van der Waals surface area (Å²) in [5.74, 6) is 0. The van der Waals surface area contributed by atoms with E-state index in [1.807, 2.05) is 36.4 Å². The van der Waals surface area contributed by atoms with Crippen molar-refractivity contribution in [1.29, 1.82) is 0 Å². The highest BCUT2D eigenvalue weighted by molar-refractivity contribution is 6.55. The van der Waals surface area contributed by atoms with E-state index in [1.54, 1.807) is 0 Å². The molecular weight excluding hydrogens is 358 g/mol. The van der Waals surface area contributed by atoms with Gasteiger partial charge in [0.1, 0.15) is 8.67 Å². The first-order valence-corrected chi connectivity index (χ1v) is 8.75. The van der Waals surface area contributed by atoms with E-state index in [-0.39, 0.29) is 0 Å². The molecule has 0 radical (unpaired) electrons. The van der Waals surface area contributed by atoms with Crippen LogP contribution in [0.5, 0.6) is 0 Å². The van der Waals surface area contributed by atoms with Gasteiger partial charge in [-0.25, -0.2) is 0 Å². The Balaban J connectivity index is 1.94. The van der Waals surface area contributed by atoms with Crippen molar-refractivity contribution in [1.82, 2.24) is 0 Å². The molecule has 0 amide bonds. The minimum atomic E-state index is -0.851. The molecule has 2 fully saturated rings. The van der Waals surface area contributed by atoms with Crippen LogP contribution in [0.25, 0.3) is 0 Å². The van der Waals surface area contributed by atoms with E-state index >= 15 is 0 Å². The number of rotatable bonds is 3. The normalized spacial score (nSPS) is 34.2. The predicted octanol–water partition coefficient (Wildman–Crippen LogP) is 6.02. The lowest BCUT2D eigenvalue weighted by Gasteiger charge is -2.32. The van der Waals surface area contributed by atoms with E-state index in [2.05, 4.69) is 24.3 Å². The van der Waals surface area contributed by atoms with Gasteiger partial charge in [0, 0.05) is 10.8 Å². The van der Waals surface area contributed by atoms with Gasteiger partial charge in [0.05, 0.1) is 0 Å². The van der Waals surface area contributed by atoms with E-state index in [0.29, 0.717) is 12.8 Å². The van der Waals surface area contributed by atoms with Gasteiger partial charge >= 0.3 is 0 Å². The van der Waals surface area contributed by atoms with Crippen LogP contribution in [0, 0.1) is 0 Å². The molecule has 0 nitrogen and oxygen atoms in total. The van der Waals surface area contributed by atoms with Crippen molar-refractivity contribution in [3.63, 3.8) is 0 Å².